The molecular formula is C15H24N4O3S. The molecule has 7 nitrogen and oxygen atoms in total. The van der Waals surface area contributed by atoms with Crippen LogP contribution in [0, 0.1) is 0 Å². The Morgan fingerprint density at radius 3 is 2.09 bits per heavy atom. The van der Waals surface area contributed by atoms with Crippen molar-refractivity contribution in [1.82, 2.24) is 9.80 Å². The minimum absolute atomic E-state index is 0.107. The van der Waals surface area contributed by atoms with E-state index < -0.39 is 10.0 Å². The van der Waals surface area contributed by atoms with Gasteiger partial charge in [-0.05, 0) is 31.2 Å². The third kappa shape index (κ3) is 4.21. The van der Waals surface area contributed by atoms with Crippen molar-refractivity contribution in [2.75, 3.05) is 45.2 Å². The fraction of sp³-hybridized carbons (Fsp3) is 0.533. The Labute approximate surface area is 137 Å². The Bertz CT molecular complexity index is 650. The summed E-state index contributed by atoms with van der Waals surface area (Å²) in [6, 6.07) is 6.45. The van der Waals surface area contributed by atoms with Crippen LogP contribution < -0.4 is 10.0 Å². The fourth-order valence-corrected chi connectivity index (χ4v) is 3.26. The molecule has 0 saturated carbocycles. The lowest BCUT2D eigenvalue weighted by Gasteiger charge is -2.39. The zero-order valence-corrected chi connectivity index (χ0v) is 14.6. The number of hydrogen-bond acceptors (Lipinski definition) is 5. The van der Waals surface area contributed by atoms with Crippen LogP contribution in [0.15, 0.2) is 29.2 Å². The molecule has 1 atom stereocenters. The molecule has 0 spiro atoms. The van der Waals surface area contributed by atoms with Crippen LogP contribution in [0.2, 0.25) is 0 Å². The van der Waals surface area contributed by atoms with E-state index in [0.717, 1.165) is 31.9 Å². The Hall–Kier alpha value is -1.64. The van der Waals surface area contributed by atoms with Crippen LogP contribution in [0.5, 0.6) is 0 Å². The first-order chi connectivity index (χ1) is 10.7. The van der Waals surface area contributed by atoms with Gasteiger partial charge in [0, 0.05) is 46.0 Å². The van der Waals surface area contributed by atoms with E-state index in [1.165, 1.54) is 12.1 Å². The van der Waals surface area contributed by atoms with E-state index in [1.807, 2.05) is 6.92 Å². The molecule has 2 rings (SSSR count). The fourth-order valence-electron chi connectivity index (χ4n) is 2.74. The minimum Gasteiger partial charge on any atom is -0.369 e. The van der Waals surface area contributed by atoms with E-state index in [0.29, 0.717) is 0 Å². The van der Waals surface area contributed by atoms with Crippen LogP contribution in [0.1, 0.15) is 6.92 Å². The Morgan fingerprint density at radius 2 is 1.65 bits per heavy atom. The summed E-state index contributed by atoms with van der Waals surface area (Å²) in [6.45, 7) is 5.09. The van der Waals surface area contributed by atoms with Crippen molar-refractivity contribution in [1.29, 1.82) is 0 Å². The Kier molecular flexibility index (Phi) is 5.28. The molecule has 1 saturated heterocycles. The van der Waals surface area contributed by atoms with E-state index in [4.69, 9.17) is 5.14 Å². The average Bonchev–Trinajstić information content (AvgIpc) is 2.53. The summed E-state index contributed by atoms with van der Waals surface area (Å²) < 4.78 is 22.6. The number of anilines is 1. The summed E-state index contributed by atoms with van der Waals surface area (Å²) in [4.78, 5) is 18.1. The maximum absolute atomic E-state index is 12.0. The van der Waals surface area contributed by atoms with Gasteiger partial charge in [-0.25, -0.2) is 13.6 Å². The lowest BCUT2D eigenvalue weighted by Crippen LogP contribution is -2.53. The largest absolute Gasteiger partial charge is 0.369 e. The number of primary sulfonamides is 1. The van der Waals surface area contributed by atoms with Crippen molar-refractivity contribution >= 4 is 21.6 Å². The predicted octanol–water partition coefficient (Wildman–Crippen LogP) is -0.0673. The van der Waals surface area contributed by atoms with Gasteiger partial charge in [0.15, 0.2) is 0 Å². The number of nitrogens with zero attached hydrogens (tertiary/aromatic N) is 3. The molecule has 0 aromatic heterocycles. The van der Waals surface area contributed by atoms with Gasteiger partial charge in [-0.2, -0.15) is 0 Å². The van der Waals surface area contributed by atoms with Gasteiger partial charge in [0.25, 0.3) is 0 Å². The summed E-state index contributed by atoms with van der Waals surface area (Å²) >= 11 is 0. The molecule has 1 aliphatic rings. The molecular weight excluding hydrogens is 316 g/mol. The number of sulfonamides is 1. The monoisotopic (exact) mass is 340 g/mol. The quantitative estimate of drug-likeness (QED) is 0.829. The summed E-state index contributed by atoms with van der Waals surface area (Å²) in [5.41, 5.74) is 0.962. The van der Waals surface area contributed by atoms with Gasteiger partial charge in [0.2, 0.25) is 15.9 Å². The van der Waals surface area contributed by atoms with Crippen LogP contribution in [-0.4, -0.2) is 70.4 Å². The van der Waals surface area contributed by atoms with Gasteiger partial charge in [0.1, 0.15) is 0 Å². The SMILES string of the molecule is CC(C(=O)N(C)C)N1CCN(c2ccc(S(N)(=O)=O)cc2)CC1. The summed E-state index contributed by atoms with van der Waals surface area (Å²) in [5.74, 6) is 0.107. The van der Waals surface area contributed by atoms with Crippen molar-refractivity contribution in [2.24, 2.45) is 5.14 Å². The van der Waals surface area contributed by atoms with Crippen LogP contribution in [0.3, 0.4) is 0 Å². The van der Waals surface area contributed by atoms with Gasteiger partial charge in [-0.15, -0.1) is 0 Å². The third-order valence-corrected chi connectivity index (χ3v) is 5.12. The van der Waals surface area contributed by atoms with E-state index in [2.05, 4.69) is 9.80 Å². The highest BCUT2D eigenvalue weighted by molar-refractivity contribution is 7.89. The number of nitrogens with two attached hydrogens (primary N) is 1. The van der Waals surface area contributed by atoms with Gasteiger partial charge in [-0.3, -0.25) is 9.69 Å². The standard InChI is InChI=1S/C15H24N4O3S/c1-12(15(20)17(2)3)18-8-10-19(11-9-18)13-4-6-14(7-5-13)23(16,21)22/h4-7,12H,8-11H2,1-3H3,(H2,16,21,22). The van der Waals surface area contributed by atoms with Crippen LogP contribution in [0.25, 0.3) is 0 Å². The number of piperazine rings is 1. The molecule has 8 heteroatoms. The lowest BCUT2D eigenvalue weighted by atomic mass is 10.2. The van der Waals surface area contributed by atoms with Crippen molar-refractivity contribution in [3.05, 3.63) is 24.3 Å². The van der Waals surface area contributed by atoms with E-state index in [-0.39, 0.29) is 16.8 Å². The zero-order chi connectivity index (χ0) is 17.2. The molecule has 1 aromatic rings. The van der Waals surface area contributed by atoms with Crippen molar-refractivity contribution in [2.45, 2.75) is 17.9 Å². The van der Waals surface area contributed by atoms with Crippen LogP contribution >= 0.6 is 0 Å². The number of hydrogen-bond donors (Lipinski definition) is 1. The van der Waals surface area contributed by atoms with E-state index >= 15 is 0 Å². The van der Waals surface area contributed by atoms with E-state index in [9.17, 15) is 13.2 Å². The van der Waals surface area contributed by atoms with Gasteiger partial charge in [0.05, 0.1) is 10.9 Å². The van der Waals surface area contributed by atoms with Crippen LogP contribution in [-0.2, 0) is 14.8 Å². The highest BCUT2D eigenvalue weighted by Gasteiger charge is 2.26. The second-order valence-electron chi connectivity index (χ2n) is 5.97. The molecule has 1 amide bonds. The van der Waals surface area contributed by atoms with Crippen molar-refractivity contribution < 1.29 is 13.2 Å². The molecule has 23 heavy (non-hydrogen) atoms. The number of carbonyl (C=O) groups is 1. The topological polar surface area (TPSA) is 86.9 Å². The Morgan fingerprint density at radius 1 is 1.13 bits per heavy atom. The van der Waals surface area contributed by atoms with Gasteiger partial charge < -0.3 is 9.80 Å². The molecule has 1 fully saturated rings. The minimum atomic E-state index is -3.66. The molecule has 128 valence electrons. The van der Waals surface area contributed by atoms with Crippen molar-refractivity contribution in [3.8, 4) is 0 Å². The summed E-state index contributed by atoms with van der Waals surface area (Å²) in [5, 5.41) is 5.11. The highest BCUT2D eigenvalue weighted by atomic mass is 32.2. The first-order valence-corrected chi connectivity index (χ1v) is 9.08. The number of rotatable bonds is 4. The first kappa shape index (κ1) is 17.7. The predicted molar refractivity (Wildman–Crippen MR) is 89.8 cm³/mol. The molecule has 1 unspecified atom stereocenters. The molecule has 1 aromatic carbocycles. The van der Waals surface area contributed by atoms with Gasteiger partial charge in [-0.1, -0.05) is 0 Å². The molecule has 0 aliphatic carbocycles. The summed E-state index contributed by atoms with van der Waals surface area (Å²) in [6.07, 6.45) is 0. The van der Waals surface area contributed by atoms with Crippen molar-refractivity contribution in [3.63, 3.8) is 0 Å². The number of amides is 1. The number of benzene rings is 1. The molecule has 2 N–H and O–H groups in total. The Balaban J connectivity index is 1.98. The van der Waals surface area contributed by atoms with Gasteiger partial charge >= 0.3 is 0 Å². The highest BCUT2D eigenvalue weighted by Crippen LogP contribution is 2.19. The maximum atomic E-state index is 12.0. The van der Waals surface area contributed by atoms with E-state index in [1.54, 1.807) is 31.1 Å². The zero-order valence-electron chi connectivity index (χ0n) is 13.8. The number of likely N-dealkylation sites (N-methyl/N-ethyl adjacent to an activating group) is 1. The molecule has 0 bridgehead atoms. The third-order valence-electron chi connectivity index (χ3n) is 4.19. The smallest absolute Gasteiger partial charge is 0.239 e. The lowest BCUT2D eigenvalue weighted by molar-refractivity contribution is -0.133. The second-order valence-corrected chi connectivity index (χ2v) is 7.53. The number of carbonyl (C=O) groups excluding carboxylic acids is 1. The average molecular weight is 340 g/mol. The second kappa shape index (κ2) is 6.86. The molecule has 0 radical (unpaired) electrons. The maximum Gasteiger partial charge on any atom is 0.239 e. The first-order valence-electron chi connectivity index (χ1n) is 7.53. The summed E-state index contributed by atoms with van der Waals surface area (Å²) in [7, 11) is -0.125. The molecule has 1 heterocycles. The normalized spacial score (nSPS) is 17.8. The molecule has 1 aliphatic heterocycles. The van der Waals surface area contributed by atoms with Crippen LogP contribution in [0.4, 0.5) is 5.69 Å².